The summed E-state index contributed by atoms with van der Waals surface area (Å²) in [5.74, 6) is -4.11. The molecule has 0 radical (unpaired) electrons. The molecule has 2 saturated heterocycles. The van der Waals surface area contributed by atoms with Crippen LogP contribution < -0.4 is 11.0 Å². The molecule has 1 aromatic rings. The molecule has 1 N–H and O–H groups in total. The Morgan fingerprint density at radius 1 is 1.41 bits per heavy atom. The zero-order valence-electron chi connectivity index (χ0n) is 16.0. The number of aromatic nitrogens is 2. The van der Waals surface area contributed by atoms with Gasteiger partial charge in [-0.1, -0.05) is 26.7 Å². The van der Waals surface area contributed by atoms with Crippen LogP contribution in [0.5, 0.6) is 0 Å². The lowest BCUT2D eigenvalue weighted by Gasteiger charge is -2.21. The summed E-state index contributed by atoms with van der Waals surface area (Å²) < 4.78 is 55.9. The van der Waals surface area contributed by atoms with E-state index in [1.165, 1.54) is 6.07 Å². The van der Waals surface area contributed by atoms with Crippen LogP contribution in [0.1, 0.15) is 45.8 Å². The minimum Gasteiger partial charge on any atom is -0.342 e. The van der Waals surface area contributed by atoms with Crippen molar-refractivity contribution in [2.75, 3.05) is 11.9 Å². The third-order valence-corrected chi connectivity index (χ3v) is 5.63. The molecule has 9 nitrogen and oxygen atoms in total. The van der Waals surface area contributed by atoms with E-state index < -0.39 is 38.3 Å². The molecule has 12 heteroatoms. The summed E-state index contributed by atoms with van der Waals surface area (Å²) in [7, 11) is -2.67. The molecule has 0 aromatic carbocycles. The van der Waals surface area contributed by atoms with Crippen LogP contribution in [-0.4, -0.2) is 40.2 Å². The standard InChI is InChI=1S/C17H22F2N3O6P/c1-3-5-10(6-4-2)14(23)20-12-7-8-22(16(24)21-12)15-17(18,19)13-11(27-15)9-26-29(25)28-13/h7-8,10-11,13,15H,3-6,9H2,1-2H3/p+1/t11?,13-,15-/m1/s1. The molecular formula is C17H23F2N3O6P+. The minimum absolute atomic E-state index is 0.0187. The summed E-state index contributed by atoms with van der Waals surface area (Å²) in [6.07, 6.45) is -0.797. The van der Waals surface area contributed by atoms with Crippen molar-refractivity contribution in [1.29, 1.82) is 0 Å². The van der Waals surface area contributed by atoms with Crippen molar-refractivity contribution in [3.05, 3.63) is 22.7 Å². The number of carbonyl (C=O) groups excluding carboxylic acids is 1. The number of carbonyl (C=O) groups is 1. The number of hydrogen-bond donors (Lipinski definition) is 1. The lowest BCUT2D eigenvalue weighted by molar-refractivity contribution is -0.135. The van der Waals surface area contributed by atoms with Crippen LogP contribution in [0, 0.1) is 5.92 Å². The lowest BCUT2D eigenvalue weighted by Crippen LogP contribution is -2.44. The molecule has 3 rings (SSSR count). The average Bonchev–Trinajstić information content (AvgIpc) is 2.92. The van der Waals surface area contributed by atoms with Gasteiger partial charge in [0.25, 0.3) is 0 Å². The van der Waals surface area contributed by atoms with Gasteiger partial charge < -0.3 is 10.1 Å². The summed E-state index contributed by atoms with van der Waals surface area (Å²) in [6.45, 7) is 3.61. The highest BCUT2D eigenvalue weighted by Gasteiger charge is 2.66. The Morgan fingerprint density at radius 2 is 2.10 bits per heavy atom. The third kappa shape index (κ3) is 4.53. The molecular weight excluding hydrogens is 411 g/mol. The molecule has 3 heterocycles. The monoisotopic (exact) mass is 434 g/mol. The van der Waals surface area contributed by atoms with E-state index in [4.69, 9.17) is 9.26 Å². The van der Waals surface area contributed by atoms with E-state index in [1.807, 2.05) is 13.8 Å². The van der Waals surface area contributed by atoms with Gasteiger partial charge in [-0.15, -0.1) is 9.05 Å². The van der Waals surface area contributed by atoms with E-state index in [-0.39, 0.29) is 24.2 Å². The van der Waals surface area contributed by atoms with Gasteiger partial charge in [-0.25, -0.2) is 4.79 Å². The normalized spacial score (nSPS) is 27.1. The van der Waals surface area contributed by atoms with Gasteiger partial charge >= 0.3 is 19.9 Å². The predicted molar refractivity (Wildman–Crippen MR) is 97.7 cm³/mol. The molecule has 2 fully saturated rings. The Labute approximate surface area is 166 Å². The molecule has 1 aromatic heterocycles. The molecule has 4 atom stereocenters. The fraction of sp³-hybridized carbons (Fsp3) is 0.706. The number of nitrogens with one attached hydrogen (secondary N) is 1. The topological polar surface area (TPSA) is 109 Å². The van der Waals surface area contributed by atoms with Crippen molar-refractivity contribution in [2.24, 2.45) is 5.92 Å². The molecule has 2 unspecified atom stereocenters. The van der Waals surface area contributed by atoms with Gasteiger partial charge in [0.05, 0.1) is 0 Å². The number of hydrogen-bond acceptors (Lipinski definition) is 7. The second kappa shape index (κ2) is 8.91. The van der Waals surface area contributed by atoms with Crippen molar-refractivity contribution in [3.63, 3.8) is 0 Å². The molecule has 160 valence electrons. The smallest absolute Gasteiger partial charge is 0.342 e. The highest BCUT2D eigenvalue weighted by molar-refractivity contribution is 7.33. The molecule has 29 heavy (non-hydrogen) atoms. The highest BCUT2D eigenvalue weighted by atomic mass is 31.1. The zero-order valence-corrected chi connectivity index (χ0v) is 16.9. The summed E-state index contributed by atoms with van der Waals surface area (Å²) >= 11 is 0. The molecule has 2 aliphatic heterocycles. The number of amides is 1. The Balaban J connectivity index is 1.77. The van der Waals surface area contributed by atoms with Crippen LogP contribution in [0.3, 0.4) is 0 Å². The quantitative estimate of drug-likeness (QED) is 0.657. The van der Waals surface area contributed by atoms with E-state index in [0.717, 1.165) is 19.0 Å². The SMILES string of the molecule is CCCC(CCC)C(=O)Nc1ccn([C@@H]2OC3CO[P+](=O)O[C@H]3C2(F)F)c(=O)n1. The fourth-order valence-corrected chi connectivity index (χ4v) is 4.27. The molecule has 0 spiro atoms. The van der Waals surface area contributed by atoms with E-state index in [9.17, 15) is 22.9 Å². The van der Waals surface area contributed by atoms with Gasteiger partial charge in [-0.05, 0) is 18.9 Å². The third-order valence-electron chi connectivity index (χ3n) is 4.87. The Hall–Kier alpha value is -1.81. The molecule has 2 aliphatic rings. The first-order valence-corrected chi connectivity index (χ1v) is 10.6. The molecule has 0 saturated carbocycles. The number of alkyl halides is 2. The fourth-order valence-electron chi connectivity index (χ4n) is 3.48. The van der Waals surface area contributed by atoms with E-state index in [2.05, 4.69) is 14.8 Å². The van der Waals surface area contributed by atoms with E-state index >= 15 is 0 Å². The number of ether oxygens (including phenoxy) is 1. The van der Waals surface area contributed by atoms with Crippen molar-refractivity contribution in [2.45, 2.75) is 63.9 Å². The summed E-state index contributed by atoms with van der Waals surface area (Å²) in [5.41, 5.74) is -1.01. The maximum Gasteiger partial charge on any atom is 0.698 e. The van der Waals surface area contributed by atoms with Crippen LogP contribution in [0.4, 0.5) is 14.6 Å². The molecule has 1 amide bonds. The van der Waals surface area contributed by atoms with Gasteiger partial charge in [0, 0.05) is 16.7 Å². The number of nitrogens with zero attached hydrogens (tertiary/aromatic N) is 2. The van der Waals surface area contributed by atoms with Crippen LogP contribution in [0.25, 0.3) is 0 Å². The zero-order chi connectivity index (χ0) is 21.2. The summed E-state index contributed by atoms with van der Waals surface area (Å²) in [4.78, 5) is 28.4. The second-order valence-corrected chi connectivity index (χ2v) is 7.93. The highest BCUT2D eigenvalue weighted by Crippen LogP contribution is 2.50. The van der Waals surface area contributed by atoms with E-state index in [0.29, 0.717) is 17.4 Å². The first-order valence-electron chi connectivity index (χ1n) is 9.48. The van der Waals surface area contributed by atoms with Gasteiger partial charge in [-0.2, -0.15) is 13.8 Å². The van der Waals surface area contributed by atoms with Crippen molar-refractivity contribution in [1.82, 2.24) is 9.55 Å². The van der Waals surface area contributed by atoms with Crippen molar-refractivity contribution in [3.8, 4) is 0 Å². The Kier molecular flexibility index (Phi) is 6.72. The lowest BCUT2D eigenvalue weighted by atomic mass is 9.97. The average molecular weight is 434 g/mol. The maximum atomic E-state index is 14.7. The van der Waals surface area contributed by atoms with E-state index in [1.54, 1.807) is 0 Å². The van der Waals surface area contributed by atoms with Gasteiger partial charge in [0.2, 0.25) is 18.2 Å². The summed E-state index contributed by atoms with van der Waals surface area (Å²) in [5, 5.41) is 2.57. The number of rotatable bonds is 7. The number of fused-ring (bicyclic) bond motifs is 1. The predicted octanol–water partition coefficient (Wildman–Crippen LogP) is 3.00. The largest absolute Gasteiger partial charge is 0.698 e. The first kappa shape index (κ1) is 21.9. The first-order chi connectivity index (χ1) is 13.8. The Bertz CT molecular complexity index is 830. The number of halogens is 2. The van der Waals surface area contributed by atoms with Gasteiger partial charge in [-0.3, -0.25) is 9.36 Å². The van der Waals surface area contributed by atoms with Crippen LogP contribution in [0.2, 0.25) is 0 Å². The minimum atomic E-state index is -3.62. The van der Waals surface area contributed by atoms with Gasteiger partial charge in [0.15, 0.2) is 0 Å². The Morgan fingerprint density at radius 3 is 2.72 bits per heavy atom. The van der Waals surface area contributed by atoms with Crippen LogP contribution >= 0.6 is 8.25 Å². The van der Waals surface area contributed by atoms with Crippen molar-refractivity contribution >= 4 is 20.0 Å². The molecule has 0 aliphatic carbocycles. The van der Waals surface area contributed by atoms with Crippen LogP contribution in [-0.2, 0) is 23.1 Å². The van der Waals surface area contributed by atoms with Gasteiger partial charge in [0.1, 0.15) is 18.5 Å². The second-order valence-electron chi connectivity index (χ2n) is 7.01. The molecule has 0 bridgehead atoms. The van der Waals surface area contributed by atoms with Crippen LogP contribution in [0.15, 0.2) is 17.1 Å². The summed E-state index contributed by atoms with van der Waals surface area (Å²) in [6, 6.07) is 1.26. The number of anilines is 1. The maximum absolute atomic E-state index is 14.7. The van der Waals surface area contributed by atoms with Crippen molar-refractivity contribution < 1.29 is 31.9 Å².